The monoisotopic (exact) mass is 222 g/mol. The summed E-state index contributed by atoms with van der Waals surface area (Å²) in [6.45, 7) is 5.96. The molecule has 2 rings (SSSR count). The number of benzene rings is 1. The molecule has 0 aliphatic carbocycles. The number of nitrogens with zero attached hydrogens (tertiary/aromatic N) is 1. The fraction of sp³-hybridized carbons (Fsp3) is 0.538. The van der Waals surface area contributed by atoms with Crippen molar-refractivity contribution in [2.24, 2.45) is 0 Å². The Labute approximate surface area is 96.5 Å². The maximum atomic E-state index is 14.5. The van der Waals surface area contributed by atoms with E-state index in [-0.39, 0.29) is 0 Å². The van der Waals surface area contributed by atoms with Gasteiger partial charge in [-0.3, -0.25) is 4.90 Å². The molecule has 1 saturated heterocycles. The van der Waals surface area contributed by atoms with Crippen LogP contribution < -0.4 is 5.32 Å². The number of halogens is 1. The number of rotatable bonds is 3. The number of nitrogens with one attached hydrogen (secondary N) is 1. The summed E-state index contributed by atoms with van der Waals surface area (Å²) in [5.74, 6) is 0. The highest BCUT2D eigenvalue weighted by molar-refractivity contribution is 5.22. The first-order valence-corrected chi connectivity index (χ1v) is 5.86. The highest BCUT2D eigenvalue weighted by atomic mass is 19.1. The second kappa shape index (κ2) is 4.93. The van der Waals surface area contributed by atoms with E-state index in [9.17, 15) is 4.39 Å². The molecule has 1 N–H and O–H groups in total. The highest BCUT2D eigenvalue weighted by Gasteiger charge is 2.28. The average molecular weight is 222 g/mol. The minimum atomic E-state index is -1.25. The molecule has 1 fully saturated rings. The third kappa shape index (κ3) is 2.80. The zero-order valence-electron chi connectivity index (χ0n) is 9.75. The summed E-state index contributed by atoms with van der Waals surface area (Å²) in [5.41, 5.74) is -0.480. The van der Waals surface area contributed by atoms with Crippen molar-refractivity contribution >= 4 is 0 Å². The molecule has 3 heteroatoms. The summed E-state index contributed by atoms with van der Waals surface area (Å²) in [6, 6.07) is 9.44. The first-order chi connectivity index (χ1) is 7.68. The maximum absolute atomic E-state index is 14.5. The third-order valence-corrected chi connectivity index (χ3v) is 3.11. The molecule has 1 aliphatic heterocycles. The van der Waals surface area contributed by atoms with E-state index in [0.29, 0.717) is 6.54 Å². The van der Waals surface area contributed by atoms with Crippen LogP contribution in [0.2, 0.25) is 0 Å². The van der Waals surface area contributed by atoms with Crippen molar-refractivity contribution in [2.75, 3.05) is 32.7 Å². The second-order valence-corrected chi connectivity index (χ2v) is 4.59. The van der Waals surface area contributed by atoms with Gasteiger partial charge in [-0.05, 0) is 12.5 Å². The Hall–Kier alpha value is -0.930. The molecule has 1 atom stereocenters. The predicted octanol–water partition coefficient (Wildman–Crippen LogP) is 1.78. The molecule has 0 saturated carbocycles. The van der Waals surface area contributed by atoms with E-state index in [1.165, 1.54) is 0 Å². The van der Waals surface area contributed by atoms with E-state index in [0.717, 1.165) is 31.7 Å². The largest absolute Gasteiger partial charge is 0.314 e. The van der Waals surface area contributed by atoms with Crippen LogP contribution in [0.15, 0.2) is 30.3 Å². The van der Waals surface area contributed by atoms with E-state index in [4.69, 9.17) is 0 Å². The smallest absolute Gasteiger partial charge is 0.145 e. The summed E-state index contributed by atoms with van der Waals surface area (Å²) in [4.78, 5) is 2.18. The number of hydrogen-bond donors (Lipinski definition) is 1. The molecule has 0 spiro atoms. The first kappa shape index (κ1) is 11.6. The number of piperazine rings is 1. The molecule has 88 valence electrons. The molecule has 1 aromatic rings. The first-order valence-electron chi connectivity index (χ1n) is 5.86. The van der Waals surface area contributed by atoms with Crippen LogP contribution in [-0.2, 0) is 5.67 Å². The molecule has 1 heterocycles. The Kier molecular flexibility index (Phi) is 3.56. The lowest BCUT2D eigenvalue weighted by Crippen LogP contribution is -2.47. The topological polar surface area (TPSA) is 15.3 Å². The SMILES string of the molecule is CC(F)(CN1CCNCC1)c1ccccc1. The van der Waals surface area contributed by atoms with Crippen LogP contribution in [0.3, 0.4) is 0 Å². The molecule has 2 nitrogen and oxygen atoms in total. The summed E-state index contributed by atoms with van der Waals surface area (Å²) >= 11 is 0. The van der Waals surface area contributed by atoms with Gasteiger partial charge in [-0.2, -0.15) is 0 Å². The van der Waals surface area contributed by atoms with Gasteiger partial charge in [0.2, 0.25) is 0 Å². The Bertz CT molecular complexity index is 318. The fourth-order valence-electron chi connectivity index (χ4n) is 2.17. The van der Waals surface area contributed by atoms with Gasteiger partial charge < -0.3 is 5.32 Å². The zero-order chi connectivity index (χ0) is 11.4. The van der Waals surface area contributed by atoms with E-state index in [2.05, 4.69) is 10.2 Å². The molecule has 1 aliphatic rings. The molecular weight excluding hydrogens is 203 g/mol. The molecule has 0 radical (unpaired) electrons. The lowest BCUT2D eigenvalue weighted by atomic mass is 9.97. The Morgan fingerprint density at radius 3 is 2.50 bits per heavy atom. The summed E-state index contributed by atoms with van der Waals surface area (Å²) in [5, 5.41) is 3.28. The molecule has 0 bridgehead atoms. The van der Waals surface area contributed by atoms with Gasteiger partial charge >= 0.3 is 0 Å². The quantitative estimate of drug-likeness (QED) is 0.838. The van der Waals surface area contributed by atoms with Crippen LogP contribution in [0.5, 0.6) is 0 Å². The van der Waals surface area contributed by atoms with Crippen molar-refractivity contribution in [1.82, 2.24) is 10.2 Å². The van der Waals surface area contributed by atoms with E-state index in [1.54, 1.807) is 6.92 Å². The van der Waals surface area contributed by atoms with Crippen LogP contribution in [0.4, 0.5) is 4.39 Å². The van der Waals surface area contributed by atoms with Gasteiger partial charge in [0.25, 0.3) is 0 Å². The van der Waals surface area contributed by atoms with Gasteiger partial charge in [-0.1, -0.05) is 30.3 Å². The van der Waals surface area contributed by atoms with Crippen LogP contribution in [0, 0.1) is 0 Å². The van der Waals surface area contributed by atoms with Gasteiger partial charge in [0.1, 0.15) is 5.67 Å². The molecule has 0 aromatic heterocycles. The Morgan fingerprint density at radius 2 is 1.88 bits per heavy atom. The Morgan fingerprint density at radius 1 is 1.25 bits per heavy atom. The van der Waals surface area contributed by atoms with E-state index in [1.807, 2.05) is 30.3 Å². The van der Waals surface area contributed by atoms with Crippen LogP contribution in [0.25, 0.3) is 0 Å². The molecular formula is C13H19FN2. The van der Waals surface area contributed by atoms with Crippen LogP contribution >= 0.6 is 0 Å². The maximum Gasteiger partial charge on any atom is 0.145 e. The van der Waals surface area contributed by atoms with Gasteiger partial charge in [-0.25, -0.2) is 4.39 Å². The van der Waals surface area contributed by atoms with Gasteiger partial charge in [0.15, 0.2) is 0 Å². The molecule has 1 aromatic carbocycles. The molecule has 1 unspecified atom stereocenters. The predicted molar refractivity (Wildman–Crippen MR) is 64.2 cm³/mol. The van der Waals surface area contributed by atoms with Crippen LogP contribution in [0.1, 0.15) is 12.5 Å². The lowest BCUT2D eigenvalue weighted by Gasteiger charge is -2.33. The Balaban J connectivity index is 2.01. The summed E-state index contributed by atoms with van der Waals surface area (Å²) in [7, 11) is 0. The van der Waals surface area contributed by atoms with Crippen molar-refractivity contribution in [3.8, 4) is 0 Å². The van der Waals surface area contributed by atoms with E-state index >= 15 is 0 Å². The molecule has 16 heavy (non-hydrogen) atoms. The van der Waals surface area contributed by atoms with Crippen molar-refractivity contribution in [1.29, 1.82) is 0 Å². The van der Waals surface area contributed by atoms with Crippen molar-refractivity contribution < 1.29 is 4.39 Å². The minimum Gasteiger partial charge on any atom is -0.314 e. The number of hydrogen-bond acceptors (Lipinski definition) is 2. The normalized spacial score (nSPS) is 21.6. The van der Waals surface area contributed by atoms with Gasteiger partial charge in [0.05, 0.1) is 0 Å². The fourth-order valence-corrected chi connectivity index (χ4v) is 2.17. The van der Waals surface area contributed by atoms with Gasteiger partial charge in [0, 0.05) is 32.7 Å². The van der Waals surface area contributed by atoms with Crippen LogP contribution in [-0.4, -0.2) is 37.6 Å². The van der Waals surface area contributed by atoms with E-state index < -0.39 is 5.67 Å². The number of alkyl halides is 1. The standard InChI is InChI=1S/C13H19FN2/c1-13(14,12-5-3-2-4-6-12)11-16-9-7-15-8-10-16/h2-6,15H,7-11H2,1H3. The zero-order valence-corrected chi connectivity index (χ0v) is 9.75. The second-order valence-electron chi connectivity index (χ2n) is 4.59. The average Bonchev–Trinajstić information content (AvgIpc) is 2.31. The minimum absolute atomic E-state index is 0.485. The van der Waals surface area contributed by atoms with Crippen molar-refractivity contribution in [2.45, 2.75) is 12.6 Å². The van der Waals surface area contributed by atoms with Crippen molar-refractivity contribution in [3.63, 3.8) is 0 Å². The van der Waals surface area contributed by atoms with Crippen molar-refractivity contribution in [3.05, 3.63) is 35.9 Å². The lowest BCUT2D eigenvalue weighted by molar-refractivity contribution is 0.0992. The third-order valence-electron chi connectivity index (χ3n) is 3.11. The summed E-state index contributed by atoms with van der Waals surface area (Å²) in [6.07, 6.45) is 0. The van der Waals surface area contributed by atoms with Gasteiger partial charge in [-0.15, -0.1) is 0 Å². The highest BCUT2D eigenvalue weighted by Crippen LogP contribution is 2.26. The molecule has 0 amide bonds. The summed E-state index contributed by atoms with van der Waals surface area (Å²) < 4.78 is 14.5.